The van der Waals surface area contributed by atoms with Crippen molar-refractivity contribution < 1.29 is 13.2 Å². The normalized spacial score (nSPS) is 14.8. The molecule has 1 heterocycles. The predicted molar refractivity (Wildman–Crippen MR) is 112 cm³/mol. The Kier molecular flexibility index (Phi) is 4.85. The van der Waals surface area contributed by atoms with Crippen molar-refractivity contribution >= 4 is 26.4 Å². The average Bonchev–Trinajstić information content (AvgIpc) is 2.73. The highest BCUT2D eigenvalue weighted by Crippen LogP contribution is 2.34. The molecule has 0 radical (unpaired) electrons. The highest BCUT2D eigenvalue weighted by atomic mass is 32.2. The van der Waals surface area contributed by atoms with Gasteiger partial charge in [-0.2, -0.15) is 0 Å². The Morgan fingerprint density at radius 2 is 1.64 bits per heavy atom. The third-order valence-electron chi connectivity index (χ3n) is 5.13. The van der Waals surface area contributed by atoms with E-state index in [1.165, 1.54) is 4.31 Å². The molecular weight excluding hydrogens is 370 g/mol. The number of rotatable bonds is 4. The summed E-state index contributed by atoms with van der Waals surface area (Å²) >= 11 is 0. The lowest BCUT2D eigenvalue weighted by molar-refractivity contribution is 0.150. The SMILES string of the molecule is Cc1ccc(S(=O)(=O)N(C)C2=C(c3ccc4ccccc4c3)CCCO2)cc1. The Hall–Kier alpha value is -2.79. The minimum atomic E-state index is -3.69. The molecule has 0 amide bonds. The third-order valence-corrected chi connectivity index (χ3v) is 6.89. The molecule has 144 valence electrons. The van der Waals surface area contributed by atoms with Crippen LogP contribution in [0.5, 0.6) is 0 Å². The quantitative estimate of drug-likeness (QED) is 0.630. The van der Waals surface area contributed by atoms with Crippen molar-refractivity contribution in [3.63, 3.8) is 0 Å². The summed E-state index contributed by atoms with van der Waals surface area (Å²) in [6, 6.07) is 21.3. The molecule has 0 fully saturated rings. The van der Waals surface area contributed by atoms with Crippen LogP contribution in [-0.4, -0.2) is 26.4 Å². The fraction of sp³-hybridized carbons (Fsp3) is 0.217. The van der Waals surface area contributed by atoms with Crippen molar-refractivity contribution in [3.8, 4) is 0 Å². The molecule has 0 unspecified atom stereocenters. The van der Waals surface area contributed by atoms with E-state index in [-0.39, 0.29) is 4.90 Å². The van der Waals surface area contributed by atoms with E-state index in [4.69, 9.17) is 4.74 Å². The fourth-order valence-electron chi connectivity index (χ4n) is 3.52. The monoisotopic (exact) mass is 393 g/mol. The molecule has 0 aliphatic carbocycles. The van der Waals surface area contributed by atoms with E-state index in [9.17, 15) is 8.42 Å². The van der Waals surface area contributed by atoms with E-state index in [1.54, 1.807) is 31.3 Å². The van der Waals surface area contributed by atoms with Crippen molar-refractivity contribution in [2.45, 2.75) is 24.7 Å². The van der Waals surface area contributed by atoms with Crippen LogP contribution in [0.15, 0.2) is 77.5 Å². The van der Waals surface area contributed by atoms with Gasteiger partial charge < -0.3 is 4.74 Å². The largest absolute Gasteiger partial charge is 0.478 e. The molecule has 4 nitrogen and oxygen atoms in total. The molecule has 3 aromatic carbocycles. The Morgan fingerprint density at radius 3 is 2.39 bits per heavy atom. The van der Waals surface area contributed by atoms with Gasteiger partial charge in [-0.3, -0.25) is 0 Å². The van der Waals surface area contributed by atoms with Gasteiger partial charge in [0, 0.05) is 12.6 Å². The number of hydrogen-bond acceptors (Lipinski definition) is 3. The summed E-state index contributed by atoms with van der Waals surface area (Å²) in [5.41, 5.74) is 2.95. The molecular formula is C23H23NO3S. The lowest BCUT2D eigenvalue weighted by atomic mass is 9.97. The Balaban J connectivity index is 1.79. The topological polar surface area (TPSA) is 46.6 Å². The minimum absolute atomic E-state index is 0.264. The summed E-state index contributed by atoms with van der Waals surface area (Å²) in [6.07, 6.45) is 1.64. The van der Waals surface area contributed by atoms with E-state index >= 15 is 0 Å². The van der Waals surface area contributed by atoms with E-state index in [0.29, 0.717) is 12.5 Å². The molecule has 0 N–H and O–H groups in total. The van der Waals surface area contributed by atoms with Gasteiger partial charge in [-0.05, 0) is 54.3 Å². The number of aryl methyl sites for hydroxylation is 1. The maximum absolute atomic E-state index is 13.1. The summed E-state index contributed by atoms with van der Waals surface area (Å²) in [7, 11) is -2.12. The van der Waals surface area contributed by atoms with Gasteiger partial charge >= 0.3 is 0 Å². The van der Waals surface area contributed by atoms with Crippen LogP contribution in [0.25, 0.3) is 16.3 Å². The van der Waals surface area contributed by atoms with Crippen LogP contribution < -0.4 is 0 Å². The molecule has 1 aliphatic heterocycles. The van der Waals surface area contributed by atoms with Crippen molar-refractivity contribution in [2.24, 2.45) is 0 Å². The lowest BCUT2D eigenvalue weighted by Gasteiger charge is -2.29. The van der Waals surface area contributed by atoms with Crippen molar-refractivity contribution in [3.05, 3.63) is 83.7 Å². The van der Waals surface area contributed by atoms with Crippen molar-refractivity contribution in [2.75, 3.05) is 13.7 Å². The van der Waals surface area contributed by atoms with Crippen LogP contribution in [-0.2, 0) is 14.8 Å². The highest BCUT2D eigenvalue weighted by molar-refractivity contribution is 7.89. The lowest BCUT2D eigenvalue weighted by Crippen LogP contribution is -2.30. The van der Waals surface area contributed by atoms with Gasteiger partial charge in [-0.15, -0.1) is 0 Å². The smallest absolute Gasteiger partial charge is 0.266 e. The van der Waals surface area contributed by atoms with Gasteiger partial charge in [0.1, 0.15) is 0 Å². The van der Waals surface area contributed by atoms with Crippen LogP contribution >= 0.6 is 0 Å². The second kappa shape index (κ2) is 7.32. The van der Waals surface area contributed by atoms with E-state index < -0.39 is 10.0 Å². The number of fused-ring (bicyclic) bond motifs is 1. The number of nitrogens with zero attached hydrogens (tertiary/aromatic N) is 1. The van der Waals surface area contributed by atoms with Crippen LogP contribution in [0.2, 0.25) is 0 Å². The summed E-state index contributed by atoms with van der Waals surface area (Å²) in [5.74, 6) is 0.419. The van der Waals surface area contributed by atoms with Crippen LogP contribution in [0.4, 0.5) is 0 Å². The number of benzene rings is 3. The molecule has 0 aromatic heterocycles. The summed E-state index contributed by atoms with van der Waals surface area (Å²) in [6.45, 7) is 2.45. The van der Waals surface area contributed by atoms with E-state index in [1.807, 2.05) is 25.1 Å². The summed E-state index contributed by atoms with van der Waals surface area (Å²) < 4.78 is 33.4. The number of hydrogen-bond donors (Lipinski definition) is 0. The van der Waals surface area contributed by atoms with Gasteiger partial charge in [0.25, 0.3) is 10.0 Å². The maximum Gasteiger partial charge on any atom is 0.266 e. The van der Waals surface area contributed by atoms with Crippen LogP contribution in [0.1, 0.15) is 24.0 Å². The Bertz CT molecular complexity index is 1150. The molecule has 4 rings (SSSR count). The van der Waals surface area contributed by atoms with Gasteiger partial charge in [0.05, 0.1) is 11.5 Å². The number of ether oxygens (including phenoxy) is 1. The van der Waals surface area contributed by atoms with E-state index in [2.05, 4.69) is 24.3 Å². The van der Waals surface area contributed by atoms with Gasteiger partial charge in [-0.25, -0.2) is 12.7 Å². The van der Waals surface area contributed by atoms with E-state index in [0.717, 1.165) is 40.3 Å². The number of allylic oxidation sites excluding steroid dienone is 1. The molecule has 0 bridgehead atoms. The van der Waals surface area contributed by atoms with Gasteiger partial charge in [0.2, 0.25) is 5.88 Å². The second-order valence-electron chi connectivity index (χ2n) is 7.08. The molecule has 0 saturated carbocycles. The predicted octanol–water partition coefficient (Wildman–Crippen LogP) is 4.95. The maximum atomic E-state index is 13.1. The molecule has 28 heavy (non-hydrogen) atoms. The minimum Gasteiger partial charge on any atom is -0.478 e. The standard InChI is InChI=1S/C23H23NO3S/c1-17-9-13-21(14-10-17)28(25,26)24(2)23-22(8-5-15-27-23)20-12-11-18-6-3-4-7-19(18)16-20/h3-4,6-7,9-14,16H,5,8,15H2,1-2H3. The first-order valence-electron chi connectivity index (χ1n) is 9.37. The summed E-state index contributed by atoms with van der Waals surface area (Å²) in [5, 5.41) is 2.28. The first kappa shape index (κ1) is 18.6. The average molecular weight is 394 g/mol. The molecule has 1 aliphatic rings. The zero-order valence-corrected chi connectivity index (χ0v) is 16.9. The van der Waals surface area contributed by atoms with Gasteiger partial charge in [-0.1, -0.05) is 54.1 Å². The fourth-order valence-corrected chi connectivity index (χ4v) is 4.69. The second-order valence-corrected chi connectivity index (χ2v) is 9.05. The summed E-state index contributed by atoms with van der Waals surface area (Å²) in [4.78, 5) is 0.264. The van der Waals surface area contributed by atoms with Crippen LogP contribution in [0.3, 0.4) is 0 Å². The first-order valence-corrected chi connectivity index (χ1v) is 10.8. The van der Waals surface area contributed by atoms with Crippen molar-refractivity contribution in [1.29, 1.82) is 0 Å². The van der Waals surface area contributed by atoms with Gasteiger partial charge in [0.15, 0.2) is 0 Å². The van der Waals surface area contributed by atoms with Crippen LogP contribution in [0, 0.1) is 6.92 Å². The zero-order valence-electron chi connectivity index (χ0n) is 16.1. The highest BCUT2D eigenvalue weighted by Gasteiger charge is 2.28. The molecule has 3 aromatic rings. The molecule has 0 atom stereocenters. The number of sulfonamides is 1. The zero-order chi connectivity index (χ0) is 19.7. The third kappa shape index (κ3) is 3.38. The molecule has 5 heteroatoms. The first-order chi connectivity index (χ1) is 13.5. The molecule has 0 spiro atoms. The van der Waals surface area contributed by atoms with Crippen molar-refractivity contribution in [1.82, 2.24) is 4.31 Å². The molecule has 0 saturated heterocycles. The Labute approximate surface area is 166 Å². The Morgan fingerprint density at radius 1 is 0.929 bits per heavy atom.